The first kappa shape index (κ1) is 75.9. The third-order valence-corrected chi connectivity index (χ3v) is 17.9. The Balaban J connectivity index is 0.000000161. The standard InChI is InChI=1S/C23H25N3O3.C22H24N2O4.C22H24N2O3S.C14H14N2O2/c1-3-4-5-6-12-20(25-29-17(2)27)23(28)19-16-26(22-14-9-10-15-24-22)21-13-8-7-11-18(19)21;1-3-4-5-6-11-19(23-28-16(2)25)22(26)18-15-24(21-13-9-14-27-21)20-12-8-7-10-17(18)20;1-3-4-5-6-11-19(23-27-16(2)25)22(26)18-15-24(21-13-9-14-28-21)20-12-8-7-10-17(18)20;1-9(15-18-10(2)17)13-8-16-7-6-11-4-3-5-12(13)14(11)16/h7-11,13-16H,3-6,12H2,1-2H3;2*7-10,12-15H,3-6,11H2,1-2H3;3-5,8H,6-7H2,1-2H3/b25-20+;2*23-19+;15-9+. The maximum atomic E-state index is 13.3. The molecule has 1 aliphatic heterocycles. The molecule has 11 aromatic rings. The van der Waals surface area contributed by atoms with Crippen LogP contribution >= 0.6 is 11.3 Å². The molecule has 8 heterocycles. The van der Waals surface area contributed by atoms with Crippen LogP contribution in [0.2, 0.25) is 0 Å². The van der Waals surface area contributed by atoms with E-state index in [0.717, 1.165) is 145 Å². The van der Waals surface area contributed by atoms with E-state index in [-0.39, 0.29) is 28.8 Å². The number of Topliss-reactive ketones (excluding diaryl/α,β-unsaturated/α-hetero) is 3. The van der Waals surface area contributed by atoms with Gasteiger partial charge in [0, 0.05) is 110 Å². The molecule has 0 aliphatic carbocycles. The van der Waals surface area contributed by atoms with Crippen molar-refractivity contribution in [2.24, 2.45) is 20.6 Å². The summed E-state index contributed by atoms with van der Waals surface area (Å²) in [6.45, 7) is 14.4. The van der Waals surface area contributed by atoms with Crippen LogP contribution in [0.3, 0.4) is 0 Å². The highest BCUT2D eigenvalue weighted by atomic mass is 32.1. The molecule has 0 fully saturated rings. The number of carbonyl (C=O) groups excluding carboxylic acids is 7. The lowest BCUT2D eigenvalue weighted by molar-refractivity contribution is -0.141. The number of benzene rings is 4. The monoisotopic (exact) mass is 1410 g/mol. The number of aromatic nitrogens is 5. The van der Waals surface area contributed by atoms with Crippen LogP contribution in [0, 0.1) is 0 Å². The summed E-state index contributed by atoms with van der Waals surface area (Å²) >= 11 is 1.61. The van der Waals surface area contributed by atoms with Gasteiger partial charge in [-0.25, -0.2) is 24.2 Å². The van der Waals surface area contributed by atoms with Gasteiger partial charge in [-0.3, -0.25) is 19.0 Å². The van der Waals surface area contributed by atoms with E-state index in [1.807, 2.05) is 141 Å². The number of para-hydroxylation sites is 4. The Morgan fingerprint density at radius 2 is 0.903 bits per heavy atom. The topological polar surface area (TPSA) is 252 Å². The number of aryl methyl sites for hydroxylation is 2. The molecule has 22 heteroatoms. The maximum Gasteiger partial charge on any atom is 0.331 e. The van der Waals surface area contributed by atoms with Crippen molar-refractivity contribution < 1.29 is 57.3 Å². The zero-order chi connectivity index (χ0) is 73.2. The Bertz CT molecular complexity index is 4710. The molecule has 103 heavy (non-hydrogen) atoms. The first-order valence-electron chi connectivity index (χ1n) is 35.0. The number of nitrogens with zero attached hydrogens (tertiary/aromatic N) is 9. The number of oxime groups is 4. The lowest BCUT2D eigenvalue weighted by atomic mass is 10.0. The molecule has 4 aromatic carbocycles. The van der Waals surface area contributed by atoms with E-state index >= 15 is 0 Å². The van der Waals surface area contributed by atoms with Gasteiger partial charge in [-0.15, -0.1) is 11.3 Å². The third kappa shape index (κ3) is 20.1. The Hall–Kier alpha value is -11.3. The quantitative estimate of drug-likeness (QED) is 0.0139. The number of fused-ring (bicyclic) bond motifs is 3. The number of thiophene rings is 1. The van der Waals surface area contributed by atoms with Crippen molar-refractivity contribution in [2.75, 3.05) is 0 Å². The van der Waals surface area contributed by atoms with Crippen molar-refractivity contribution in [1.82, 2.24) is 23.3 Å². The minimum Gasteiger partial charge on any atom is -0.448 e. The van der Waals surface area contributed by atoms with Crippen molar-refractivity contribution in [1.29, 1.82) is 0 Å². The zero-order valence-electron chi connectivity index (χ0n) is 59.6. The van der Waals surface area contributed by atoms with E-state index in [4.69, 9.17) is 23.8 Å². The highest BCUT2D eigenvalue weighted by molar-refractivity contribution is 7.12. The van der Waals surface area contributed by atoms with Gasteiger partial charge in [0.2, 0.25) is 23.2 Å². The second kappa shape index (κ2) is 38.0. The number of ketones is 3. The van der Waals surface area contributed by atoms with Crippen molar-refractivity contribution in [3.8, 4) is 16.7 Å². The average molecular weight is 1410 g/mol. The Morgan fingerprint density at radius 3 is 1.36 bits per heavy atom. The molecule has 0 bridgehead atoms. The second-order valence-electron chi connectivity index (χ2n) is 24.7. The first-order chi connectivity index (χ1) is 50.0. The number of rotatable bonds is 29. The first-order valence-corrected chi connectivity index (χ1v) is 35.9. The fourth-order valence-electron chi connectivity index (χ4n) is 12.1. The molecule has 0 amide bonds. The number of furan rings is 1. The SMILES string of the molecule is CC(=O)O/N=C(\C)c1cn2c3c(cccc13)CC2.CCCCCC/C(=N\OC(C)=O)C(=O)c1cn(-c2ccccn2)c2ccccc12.CCCCCC/C(=N\OC(C)=O)C(=O)c1cn(-c2ccco2)c2ccccc12.CCCCCC/C(=N\OC(C)=O)C(=O)c1cn(-c2cccs2)c2ccccc12. The van der Waals surface area contributed by atoms with Crippen LogP contribution in [-0.4, -0.2) is 87.3 Å². The lowest BCUT2D eigenvalue weighted by Crippen LogP contribution is -2.15. The number of hydrogen-bond donors (Lipinski definition) is 0. The van der Waals surface area contributed by atoms with E-state index in [1.165, 1.54) is 44.2 Å². The number of pyridine rings is 1. The van der Waals surface area contributed by atoms with Crippen LogP contribution in [0.25, 0.3) is 60.3 Å². The van der Waals surface area contributed by atoms with Gasteiger partial charge in [0.05, 0.1) is 44.6 Å². The molecular weight excluding hydrogens is 1320 g/mol. The highest BCUT2D eigenvalue weighted by Gasteiger charge is 2.26. The molecule has 0 unspecified atom stereocenters. The van der Waals surface area contributed by atoms with Crippen LogP contribution < -0.4 is 0 Å². The van der Waals surface area contributed by atoms with E-state index in [1.54, 1.807) is 42.3 Å². The third-order valence-electron chi connectivity index (χ3n) is 17.0. The molecule has 0 spiro atoms. The van der Waals surface area contributed by atoms with E-state index in [9.17, 15) is 33.6 Å². The molecular formula is C81H87N9O12S. The van der Waals surface area contributed by atoms with Gasteiger partial charge >= 0.3 is 23.9 Å². The molecule has 0 radical (unpaired) electrons. The minimum absolute atomic E-state index is 0.191. The molecule has 12 rings (SSSR count). The molecule has 1 aliphatic rings. The van der Waals surface area contributed by atoms with Gasteiger partial charge in [0.15, 0.2) is 0 Å². The minimum atomic E-state index is -0.545. The normalized spacial score (nSPS) is 12.1. The summed E-state index contributed by atoms with van der Waals surface area (Å²) in [6.07, 6.45) is 25.4. The smallest absolute Gasteiger partial charge is 0.331 e. The predicted molar refractivity (Wildman–Crippen MR) is 404 cm³/mol. The Kier molecular flexibility index (Phi) is 28.0. The summed E-state index contributed by atoms with van der Waals surface area (Å²) in [5.41, 5.74) is 9.54. The van der Waals surface area contributed by atoms with Gasteiger partial charge in [-0.2, -0.15) is 0 Å². The summed E-state index contributed by atoms with van der Waals surface area (Å²) in [4.78, 5) is 108. The predicted octanol–water partition coefficient (Wildman–Crippen LogP) is 18.6. The van der Waals surface area contributed by atoms with Crippen molar-refractivity contribution in [2.45, 2.75) is 165 Å². The molecule has 21 nitrogen and oxygen atoms in total. The molecule has 0 saturated heterocycles. The highest BCUT2D eigenvalue weighted by Crippen LogP contribution is 2.33. The van der Waals surface area contributed by atoms with Crippen LogP contribution in [0.15, 0.2) is 201 Å². The number of carbonyl (C=O) groups is 7. The lowest BCUT2D eigenvalue weighted by Gasteiger charge is -2.05. The van der Waals surface area contributed by atoms with Gasteiger partial charge in [0.1, 0.15) is 23.0 Å². The molecule has 0 N–H and O–H groups in total. The average Bonchev–Trinajstić information content (AvgIpc) is 1.65. The molecule has 0 saturated carbocycles. The van der Waals surface area contributed by atoms with Gasteiger partial charge in [0.25, 0.3) is 0 Å². The fourth-order valence-corrected chi connectivity index (χ4v) is 12.8. The largest absolute Gasteiger partial charge is 0.448 e. The number of hydrogen-bond acceptors (Lipinski definition) is 18. The second-order valence-corrected chi connectivity index (χ2v) is 25.6. The van der Waals surface area contributed by atoms with Crippen LogP contribution in [-0.2, 0) is 51.5 Å². The summed E-state index contributed by atoms with van der Waals surface area (Å²) in [5.74, 6) is -1.32. The summed E-state index contributed by atoms with van der Waals surface area (Å²) in [6, 6.07) is 42.7. The van der Waals surface area contributed by atoms with Crippen LogP contribution in [0.5, 0.6) is 0 Å². The van der Waals surface area contributed by atoms with Crippen molar-refractivity contribution in [3.05, 3.63) is 204 Å². The molecule has 7 aromatic heterocycles. The summed E-state index contributed by atoms with van der Waals surface area (Å²) < 4.78 is 13.5. The van der Waals surface area contributed by atoms with Gasteiger partial charge in [-0.05, 0) is 111 Å². The van der Waals surface area contributed by atoms with Gasteiger partial charge in [-0.1, -0.05) is 178 Å². The molecule has 534 valence electrons. The van der Waals surface area contributed by atoms with E-state index in [2.05, 4.69) is 75.3 Å². The Morgan fingerprint density at radius 1 is 0.447 bits per heavy atom. The van der Waals surface area contributed by atoms with Crippen molar-refractivity contribution >= 4 is 119 Å². The Labute approximate surface area is 602 Å². The summed E-state index contributed by atoms with van der Waals surface area (Å²) in [5, 5.41) is 22.2. The van der Waals surface area contributed by atoms with E-state index < -0.39 is 23.9 Å². The number of unbranched alkanes of at least 4 members (excludes halogenated alkanes) is 9. The maximum absolute atomic E-state index is 13.3. The zero-order valence-corrected chi connectivity index (χ0v) is 60.4. The van der Waals surface area contributed by atoms with Gasteiger partial charge < -0.3 is 37.5 Å². The summed E-state index contributed by atoms with van der Waals surface area (Å²) in [7, 11) is 0. The van der Waals surface area contributed by atoms with E-state index in [0.29, 0.717) is 47.5 Å². The van der Waals surface area contributed by atoms with Crippen molar-refractivity contribution in [3.63, 3.8) is 0 Å². The van der Waals surface area contributed by atoms with Crippen LogP contribution in [0.1, 0.15) is 194 Å². The fraction of sp³-hybridized carbons (Fsp3) is 0.309. The molecule has 0 atom stereocenters. The van der Waals surface area contributed by atoms with Crippen LogP contribution in [0.4, 0.5) is 0 Å².